The van der Waals surface area contributed by atoms with Gasteiger partial charge < -0.3 is 10.1 Å². The van der Waals surface area contributed by atoms with E-state index in [2.05, 4.69) is 5.32 Å². The maximum atomic E-state index is 12.2. The molecule has 23 heavy (non-hydrogen) atoms. The zero-order chi connectivity index (χ0) is 16.8. The van der Waals surface area contributed by atoms with Crippen molar-refractivity contribution in [3.8, 4) is 0 Å². The molecule has 1 aromatic carbocycles. The van der Waals surface area contributed by atoms with Gasteiger partial charge >= 0.3 is 5.97 Å². The second kappa shape index (κ2) is 8.03. The van der Waals surface area contributed by atoms with E-state index >= 15 is 0 Å². The van der Waals surface area contributed by atoms with Crippen LogP contribution in [0.5, 0.6) is 0 Å². The van der Waals surface area contributed by atoms with Crippen LogP contribution in [0.4, 0.5) is 0 Å². The van der Waals surface area contributed by atoms with Gasteiger partial charge in [0, 0.05) is 11.1 Å². The van der Waals surface area contributed by atoms with Gasteiger partial charge in [-0.1, -0.05) is 18.2 Å². The third-order valence-corrected chi connectivity index (χ3v) is 4.94. The van der Waals surface area contributed by atoms with Crippen LogP contribution in [0.3, 0.4) is 0 Å². The third-order valence-electron chi connectivity index (χ3n) is 3.09. The average molecular weight is 351 g/mol. The average Bonchev–Trinajstić information content (AvgIpc) is 3.05. The van der Waals surface area contributed by atoms with Gasteiger partial charge in [0.15, 0.2) is 6.10 Å². The molecule has 0 unspecified atom stereocenters. The predicted molar refractivity (Wildman–Crippen MR) is 89.8 cm³/mol. The number of ether oxygens (including phenoxy) is 1. The molecule has 1 amide bonds. The van der Waals surface area contributed by atoms with E-state index in [9.17, 15) is 13.8 Å². The highest BCUT2D eigenvalue weighted by atomic mass is 32.2. The van der Waals surface area contributed by atoms with E-state index in [0.29, 0.717) is 11.4 Å². The lowest BCUT2D eigenvalue weighted by Crippen LogP contribution is -2.35. The number of thiophene rings is 1. The van der Waals surface area contributed by atoms with Gasteiger partial charge in [0.05, 0.1) is 27.8 Å². The summed E-state index contributed by atoms with van der Waals surface area (Å²) >= 11 is 1.54. The summed E-state index contributed by atoms with van der Waals surface area (Å²) in [6.07, 6.45) is 0.560. The normalized spacial score (nSPS) is 13.1. The number of carbonyl (C=O) groups excluding carboxylic acids is 2. The van der Waals surface area contributed by atoms with Gasteiger partial charge in [-0.3, -0.25) is 9.00 Å². The minimum atomic E-state index is -1.31. The maximum Gasteiger partial charge on any atom is 0.340 e. The molecule has 1 heterocycles. The Balaban J connectivity index is 1.96. The first-order valence-electron chi connectivity index (χ1n) is 6.92. The highest BCUT2D eigenvalue weighted by Gasteiger charge is 2.21. The van der Waals surface area contributed by atoms with Gasteiger partial charge in [0.2, 0.25) is 0 Å². The molecule has 1 N–H and O–H groups in total. The van der Waals surface area contributed by atoms with E-state index in [4.69, 9.17) is 4.74 Å². The zero-order valence-electron chi connectivity index (χ0n) is 12.8. The van der Waals surface area contributed by atoms with Crippen molar-refractivity contribution in [2.24, 2.45) is 0 Å². The summed E-state index contributed by atoms with van der Waals surface area (Å²) < 4.78 is 16.8. The molecule has 0 aliphatic carbocycles. The Bertz CT molecular complexity index is 713. The lowest BCUT2D eigenvalue weighted by molar-refractivity contribution is -0.129. The highest BCUT2D eigenvalue weighted by molar-refractivity contribution is 7.84. The van der Waals surface area contributed by atoms with E-state index in [-0.39, 0.29) is 11.5 Å². The third kappa shape index (κ3) is 4.74. The second-order valence-electron chi connectivity index (χ2n) is 4.79. The number of nitrogens with one attached hydrogen (secondary N) is 1. The second-order valence-corrected chi connectivity index (χ2v) is 7.18. The van der Waals surface area contributed by atoms with Crippen molar-refractivity contribution in [1.82, 2.24) is 5.32 Å². The molecular weight excluding hydrogens is 334 g/mol. The summed E-state index contributed by atoms with van der Waals surface area (Å²) in [5.41, 5.74) is 0.214. The Kier molecular flexibility index (Phi) is 6.06. The lowest BCUT2D eigenvalue weighted by Gasteiger charge is -2.14. The number of esters is 1. The molecule has 0 fully saturated rings. The van der Waals surface area contributed by atoms with Crippen LogP contribution in [0.1, 0.15) is 22.2 Å². The number of amides is 1. The molecule has 0 radical (unpaired) electrons. The topological polar surface area (TPSA) is 72.5 Å². The number of carbonyl (C=O) groups is 2. The number of hydrogen-bond donors (Lipinski definition) is 1. The fourth-order valence-electron chi connectivity index (χ4n) is 1.89. The van der Waals surface area contributed by atoms with E-state index < -0.39 is 22.9 Å². The van der Waals surface area contributed by atoms with Gasteiger partial charge in [-0.2, -0.15) is 0 Å². The summed E-state index contributed by atoms with van der Waals surface area (Å²) in [4.78, 5) is 25.6. The van der Waals surface area contributed by atoms with Crippen LogP contribution in [-0.2, 0) is 26.9 Å². The van der Waals surface area contributed by atoms with E-state index in [1.807, 2.05) is 17.5 Å². The molecule has 0 bridgehead atoms. The first-order chi connectivity index (χ1) is 11.0. The minimum Gasteiger partial charge on any atom is -0.449 e. The first-order valence-corrected chi connectivity index (χ1v) is 9.36. The van der Waals surface area contributed by atoms with Crippen LogP contribution < -0.4 is 5.32 Å². The Morgan fingerprint density at radius 2 is 2.00 bits per heavy atom. The van der Waals surface area contributed by atoms with Crippen LogP contribution in [0, 0.1) is 0 Å². The summed E-state index contributed by atoms with van der Waals surface area (Å²) in [6, 6.07) is 10.3. The van der Waals surface area contributed by atoms with Gasteiger partial charge in [-0.05, 0) is 30.5 Å². The fourth-order valence-corrected chi connectivity index (χ4v) is 3.27. The van der Waals surface area contributed by atoms with Gasteiger partial charge in [0.1, 0.15) is 0 Å². The standard InChI is InChI=1S/C16H17NO4S2/c1-11(15(18)17-10-12-6-5-9-22-12)21-16(19)13-7-3-4-8-14(13)23(2)20/h3-9,11H,10H2,1-2H3,(H,17,18)/t11-,23+/m1/s1. The monoisotopic (exact) mass is 351 g/mol. The number of benzene rings is 1. The summed E-state index contributed by atoms with van der Waals surface area (Å²) in [5, 5.41) is 4.64. The number of rotatable bonds is 6. The van der Waals surface area contributed by atoms with Crippen molar-refractivity contribution >= 4 is 34.0 Å². The van der Waals surface area contributed by atoms with Crippen molar-refractivity contribution in [1.29, 1.82) is 0 Å². The fraction of sp³-hybridized carbons (Fsp3) is 0.250. The van der Waals surface area contributed by atoms with Gasteiger partial charge in [0.25, 0.3) is 5.91 Å². The summed E-state index contributed by atoms with van der Waals surface area (Å²) in [5.74, 6) is -1.03. The zero-order valence-corrected chi connectivity index (χ0v) is 14.4. The molecular formula is C16H17NO4S2. The van der Waals surface area contributed by atoms with E-state index in [0.717, 1.165) is 4.88 Å². The molecule has 0 aliphatic heterocycles. The number of hydrogen-bond acceptors (Lipinski definition) is 5. The van der Waals surface area contributed by atoms with Crippen molar-refractivity contribution in [3.63, 3.8) is 0 Å². The largest absolute Gasteiger partial charge is 0.449 e. The lowest BCUT2D eigenvalue weighted by atomic mass is 10.2. The Hall–Kier alpha value is -1.99. The smallest absolute Gasteiger partial charge is 0.340 e. The van der Waals surface area contributed by atoms with Crippen molar-refractivity contribution in [2.75, 3.05) is 6.26 Å². The molecule has 0 aliphatic rings. The Morgan fingerprint density at radius 3 is 2.65 bits per heavy atom. The molecule has 1 aromatic heterocycles. The van der Waals surface area contributed by atoms with Crippen molar-refractivity contribution in [2.45, 2.75) is 24.5 Å². The maximum absolute atomic E-state index is 12.2. The van der Waals surface area contributed by atoms with Gasteiger partial charge in [-0.25, -0.2) is 4.79 Å². The predicted octanol–water partition coefficient (Wildman–Crippen LogP) is 2.35. The van der Waals surface area contributed by atoms with Crippen molar-refractivity contribution < 1.29 is 18.5 Å². The molecule has 7 heteroatoms. The molecule has 2 rings (SSSR count). The summed E-state index contributed by atoms with van der Waals surface area (Å²) in [7, 11) is -1.31. The van der Waals surface area contributed by atoms with Crippen LogP contribution >= 0.6 is 11.3 Å². The Labute approximate surface area is 141 Å². The van der Waals surface area contributed by atoms with Crippen LogP contribution in [-0.4, -0.2) is 28.4 Å². The molecule has 0 spiro atoms. The molecule has 2 aromatic rings. The van der Waals surface area contributed by atoms with Crippen LogP contribution in [0.25, 0.3) is 0 Å². The van der Waals surface area contributed by atoms with Crippen LogP contribution in [0.2, 0.25) is 0 Å². The van der Waals surface area contributed by atoms with E-state index in [1.54, 1.807) is 18.2 Å². The molecule has 5 nitrogen and oxygen atoms in total. The minimum absolute atomic E-state index is 0.214. The molecule has 122 valence electrons. The molecule has 0 saturated heterocycles. The van der Waals surface area contributed by atoms with Crippen molar-refractivity contribution in [3.05, 3.63) is 52.2 Å². The van der Waals surface area contributed by atoms with Crippen LogP contribution in [0.15, 0.2) is 46.7 Å². The quantitative estimate of drug-likeness (QED) is 0.811. The Morgan fingerprint density at radius 1 is 1.26 bits per heavy atom. The van der Waals surface area contributed by atoms with Gasteiger partial charge in [-0.15, -0.1) is 11.3 Å². The molecule has 0 saturated carbocycles. The molecule has 2 atom stereocenters. The van der Waals surface area contributed by atoms with E-state index in [1.165, 1.54) is 30.6 Å². The highest BCUT2D eigenvalue weighted by Crippen LogP contribution is 2.15. The first kappa shape index (κ1) is 17.4. The summed E-state index contributed by atoms with van der Waals surface area (Å²) in [6.45, 7) is 1.90. The SMILES string of the molecule is C[C@@H](OC(=O)c1ccccc1[S@](C)=O)C(=O)NCc1cccs1.